The van der Waals surface area contributed by atoms with Gasteiger partial charge in [0.15, 0.2) is 0 Å². The van der Waals surface area contributed by atoms with Crippen LogP contribution in [0.2, 0.25) is 0 Å². The molecule has 0 unspecified atom stereocenters. The zero-order valence-corrected chi connectivity index (χ0v) is 17.1. The number of rotatable bonds is 6. The summed E-state index contributed by atoms with van der Waals surface area (Å²) in [5.41, 5.74) is -0.288. The predicted molar refractivity (Wildman–Crippen MR) is 114 cm³/mol. The van der Waals surface area contributed by atoms with Gasteiger partial charge in [-0.3, -0.25) is 9.59 Å². The van der Waals surface area contributed by atoms with E-state index in [4.69, 9.17) is 0 Å². The number of amides is 2. The fraction of sp³-hybridized carbons (Fsp3) is 0.391. The van der Waals surface area contributed by atoms with E-state index in [1.165, 1.54) is 12.1 Å². The standard InChI is InChI=1S/C23H25FN2O2S/c24-17-6-8-18(9-7-17)25-22(28)23(14-2-1-3-15-23)26(19-10-11-19)21(27)13-12-20-5-4-16-29-20/h4-9,12-13,16,19H,1-3,10-11,14-15H2,(H,25,28). The Morgan fingerprint density at radius 1 is 1.10 bits per heavy atom. The number of nitrogens with one attached hydrogen (secondary N) is 1. The Kier molecular flexibility index (Phi) is 5.81. The van der Waals surface area contributed by atoms with Crippen molar-refractivity contribution in [3.63, 3.8) is 0 Å². The van der Waals surface area contributed by atoms with Gasteiger partial charge in [0, 0.05) is 22.7 Å². The lowest BCUT2D eigenvalue weighted by Crippen LogP contribution is -2.60. The van der Waals surface area contributed by atoms with Crippen LogP contribution >= 0.6 is 11.3 Å². The van der Waals surface area contributed by atoms with Gasteiger partial charge in [-0.05, 0) is 67.5 Å². The molecule has 0 radical (unpaired) electrons. The molecule has 2 aliphatic rings. The van der Waals surface area contributed by atoms with Gasteiger partial charge in [-0.1, -0.05) is 25.3 Å². The maximum absolute atomic E-state index is 13.5. The number of nitrogens with zero attached hydrogens (tertiary/aromatic N) is 1. The molecule has 0 atom stereocenters. The van der Waals surface area contributed by atoms with E-state index in [0.717, 1.165) is 37.0 Å². The first-order valence-electron chi connectivity index (χ1n) is 10.2. The highest BCUT2D eigenvalue weighted by Gasteiger charge is 2.51. The van der Waals surface area contributed by atoms with Gasteiger partial charge in [0.2, 0.25) is 11.8 Å². The summed E-state index contributed by atoms with van der Waals surface area (Å²) in [5.74, 6) is -0.602. The first kappa shape index (κ1) is 19.8. The number of thiophene rings is 1. The van der Waals surface area contributed by atoms with Crippen LogP contribution in [0.25, 0.3) is 6.08 Å². The van der Waals surface area contributed by atoms with Crippen molar-refractivity contribution in [1.29, 1.82) is 0 Å². The highest BCUT2D eigenvalue weighted by atomic mass is 32.1. The van der Waals surface area contributed by atoms with Crippen LogP contribution in [0.4, 0.5) is 10.1 Å². The van der Waals surface area contributed by atoms with Crippen LogP contribution < -0.4 is 5.32 Å². The third-order valence-corrected chi connectivity index (χ3v) is 6.59. The minimum absolute atomic E-state index is 0.0999. The molecule has 1 heterocycles. The number of hydrogen-bond acceptors (Lipinski definition) is 3. The van der Waals surface area contributed by atoms with E-state index in [-0.39, 0.29) is 23.7 Å². The van der Waals surface area contributed by atoms with Crippen molar-refractivity contribution in [3.05, 3.63) is 58.5 Å². The molecular weight excluding hydrogens is 387 g/mol. The predicted octanol–water partition coefficient (Wildman–Crippen LogP) is 5.23. The van der Waals surface area contributed by atoms with Gasteiger partial charge in [-0.25, -0.2) is 4.39 Å². The summed E-state index contributed by atoms with van der Waals surface area (Å²) in [6, 6.07) is 9.81. The van der Waals surface area contributed by atoms with Gasteiger partial charge in [0.25, 0.3) is 0 Å². The first-order chi connectivity index (χ1) is 14.1. The van der Waals surface area contributed by atoms with Crippen molar-refractivity contribution in [2.75, 3.05) is 5.32 Å². The molecule has 0 saturated heterocycles. The molecule has 2 aromatic rings. The molecule has 0 spiro atoms. The summed E-state index contributed by atoms with van der Waals surface area (Å²) in [6.45, 7) is 0. The monoisotopic (exact) mass is 412 g/mol. The van der Waals surface area contributed by atoms with Gasteiger partial charge in [0.1, 0.15) is 11.4 Å². The van der Waals surface area contributed by atoms with Gasteiger partial charge in [0.05, 0.1) is 0 Å². The van der Waals surface area contributed by atoms with Crippen molar-refractivity contribution >= 4 is 34.9 Å². The maximum Gasteiger partial charge on any atom is 0.250 e. The Bertz CT molecular complexity index is 882. The molecule has 0 bridgehead atoms. The van der Waals surface area contributed by atoms with Crippen LogP contribution in [0.1, 0.15) is 49.8 Å². The van der Waals surface area contributed by atoms with Crippen molar-refractivity contribution in [2.24, 2.45) is 0 Å². The second-order valence-electron chi connectivity index (χ2n) is 7.84. The molecule has 29 heavy (non-hydrogen) atoms. The number of benzene rings is 1. The maximum atomic E-state index is 13.5. The van der Waals surface area contributed by atoms with E-state index < -0.39 is 5.54 Å². The highest BCUT2D eigenvalue weighted by Crippen LogP contribution is 2.42. The average Bonchev–Trinajstić information content (AvgIpc) is 3.41. The summed E-state index contributed by atoms with van der Waals surface area (Å²) in [7, 11) is 0. The van der Waals surface area contributed by atoms with E-state index in [1.807, 2.05) is 28.5 Å². The van der Waals surface area contributed by atoms with Gasteiger partial charge < -0.3 is 10.2 Å². The van der Waals surface area contributed by atoms with Crippen LogP contribution in [0.5, 0.6) is 0 Å². The van der Waals surface area contributed by atoms with Gasteiger partial charge in [-0.2, -0.15) is 0 Å². The van der Waals surface area contributed by atoms with E-state index in [1.54, 1.807) is 29.5 Å². The zero-order chi connectivity index (χ0) is 20.3. The van der Waals surface area contributed by atoms with E-state index in [0.29, 0.717) is 18.5 Å². The third kappa shape index (κ3) is 4.42. The second-order valence-corrected chi connectivity index (χ2v) is 8.82. The SMILES string of the molecule is O=C(C=Cc1cccs1)N(C1CC1)C1(C(=O)Nc2ccc(F)cc2)CCCCC1. The Morgan fingerprint density at radius 2 is 1.83 bits per heavy atom. The number of halogens is 1. The largest absolute Gasteiger partial charge is 0.324 e. The fourth-order valence-corrected chi connectivity index (χ4v) is 4.81. The second kappa shape index (κ2) is 8.49. The van der Waals surface area contributed by atoms with Gasteiger partial charge >= 0.3 is 0 Å². The molecular formula is C23H25FN2O2S. The molecule has 152 valence electrons. The molecule has 1 aromatic carbocycles. The smallest absolute Gasteiger partial charge is 0.250 e. The van der Waals surface area contributed by atoms with Crippen molar-refractivity contribution in [3.8, 4) is 0 Å². The summed E-state index contributed by atoms with van der Waals surface area (Å²) in [5, 5.41) is 4.92. The highest BCUT2D eigenvalue weighted by molar-refractivity contribution is 7.10. The summed E-state index contributed by atoms with van der Waals surface area (Å²) in [4.78, 5) is 29.6. The van der Waals surface area contributed by atoms with E-state index in [2.05, 4.69) is 5.32 Å². The normalized spacial score (nSPS) is 18.5. The number of anilines is 1. The summed E-state index contributed by atoms with van der Waals surface area (Å²) < 4.78 is 13.2. The summed E-state index contributed by atoms with van der Waals surface area (Å²) >= 11 is 1.58. The number of carbonyl (C=O) groups excluding carboxylic acids is 2. The van der Waals surface area contributed by atoms with Gasteiger partial charge in [-0.15, -0.1) is 11.3 Å². The van der Waals surface area contributed by atoms with E-state index in [9.17, 15) is 14.0 Å². The minimum Gasteiger partial charge on any atom is -0.324 e. The van der Waals surface area contributed by atoms with Crippen LogP contribution in [0.15, 0.2) is 47.9 Å². The average molecular weight is 413 g/mol. The van der Waals surface area contributed by atoms with Crippen molar-refractivity contribution < 1.29 is 14.0 Å². The molecule has 4 rings (SSSR count). The summed E-state index contributed by atoms with van der Waals surface area (Å²) in [6.07, 6.45) is 9.54. The minimum atomic E-state index is -0.843. The molecule has 1 aromatic heterocycles. The molecule has 0 aliphatic heterocycles. The number of carbonyl (C=O) groups is 2. The zero-order valence-electron chi connectivity index (χ0n) is 16.3. The molecule has 1 N–H and O–H groups in total. The number of hydrogen-bond donors (Lipinski definition) is 1. The Morgan fingerprint density at radius 3 is 2.45 bits per heavy atom. The molecule has 2 amide bonds. The van der Waals surface area contributed by atoms with Crippen LogP contribution in [-0.4, -0.2) is 28.3 Å². The first-order valence-corrected chi connectivity index (χ1v) is 11.1. The molecule has 2 saturated carbocycles. The topological polar surface area (TPSA) is 49.4 Å². The lowest BCUT2D eigenvalue weighted by atomic mass is 9.79. The Labute approximate surface area is 174 Å². The molecule has 2 aliphatic carbocycles. The quantitative estimate of drug-likeness (QED) is 0.660. The Balaban J connectivity index is 1.61. The molecule has 6 heteroatoms. The molecule has 4 nitrogen and oxygen atoms in total. The fourth-order valence-electron chi connectivity index (χ4n) is 4.19. The molecule has 2 fully saturated rings. The van der Waals surface area contributed by atoms with Crippen LogP contribution in [0, 0.1) is 5.82 Å². The third-order valence-electron chi connectivity index (χ3n) is 5.75. The van der Waals surface area contributed by atoms with Crippen molar-refractivity contribution in [2.45, 2.75) is 56.5 Å². The van der Waals surface area contributed by atoms with Crippen LogP contribution in [-0.2, 0) is 9.59 Å². The lowest BCUT2D eigenvalue weighted by Gasteiger charge is -2.45. The lowest BCUT2D eigenvalue weighted by molar-refractivity contribution is -0.145. The van der Waals surface area contributed by atoms with Crippen LogP contribution in [0.3, 0.4) is 0 Å². The Hall–Kier alpha value is -2.47. The van der Waals surface area contributed by atoms with E-state index >= 15 is 0 Å². The van der Waals surface area contributed by atoms with Crippen molar-refractivity contribution in [1.82, 2.24) is 4.90 Å².